The number of carbonyl (C=O) groups is 3. The van der Waals surface area contributed by atoms with Crippen LogP contribution >= 0.6 is 0 Å². The van der Waals surface area contributed by atoms with Gasteiger partial charge in [-0.3, -0.25) is 14.4 Å². The maximum Gasteiger partial charge on any atom is 0.306 e. The molecule has 0 amide bonds. The Morgan fingerprint density at radius 2 is 0.571 bits per heavy atom. The molecule has 0 fully saturated rings. The van der Waals surface area contributed by atoms with Crippen molar-refractivity contribution in [3.63, 3.8) is 0 Å². The summed E-state index contributed by atoms with van der Waals surface area (Å²) in [6.45, 7) is 6.59. The molecular weight excluding hydrogens is 781 g/mol. The molecule has 0 heterocycles. The second-order valence-corrected chi connectivity index (χ2v) is 18.5. The largest absolute Gasteiger partial charge is 0.462 e. The van der Waals surface area contributed by atoms with Crippen LogP contribution in [-0.2, 0) is 28.6 Å². The molecule has 6 heteroatoms. The number of esters is 3. The van der Waals surface area contributed by atoms with E-state index in [1.165, 1.54) is 186 Å². The summed E-state index contributed by atoms with van der Waals surface area (Å²) in [6.07, 6.45) is 61.6. The fourth-order valence-corrected chi connectivity index (χ4v) is 7.94. The molecule has 0 radical (unpaired) electrons. The average Bonchev–Trinajstić information content (AvgIpc) is 3.28. The van der Waals surface area contributed by atoms with Gasteiger partial charge in [0.2, 0.25) is 0 Å². The van der Waals surface area contributed by atoms with Crippen molar-refractivity contribution in [2.45, 2.75) is 297 Å². The van der Waals surface area contributed by atoms with E-state index in [1.807, 2.05) is 0 Å². The van der Waals surface area contributed by atoms with Gasteiger partial charge < -0.3 is 14.2 Å². The molecule has 6 nitrogen and oxygen atoms in total. The van der Waals surface area contributed by atoms with Crippen molar-refractivity contribution in [3.05, 3.63) is 36.5 Å². The zero-order valence-electron chi connectivity index (χ0n) is 42.1. The van der Waals surface area contributed by atoms with E-state index in [4.69, 9.17) is 14.2 Å². The van der Waals surface area contributed by atoms with Gasteiger partial charge in [-0.05, 0) is 77.0 Å². The van der Waals surface area contributed by atoms with Crippen molar-refractivity contribution in [3.8, 4) is 0 Å². The zero-order chi connectivity index (χ0) is 45.8. The van der Waals surface area contributed by atoms with E-state index in [2.05, 4.69) is 57.2 Å². The average molecular weight is 885 g/mol. The molecule has 0 aromatic heterocycles. The van der Waals surface area contributed by atoms with Crippen LogP contribution < -0.4 is 0 Å². The van der Waals surface area contributed by atoms with E-state index in [9.17, 15) is 14.4 Å². The van der Waals surface area contributed by atoms with E-state index in [1.54, 1.807) is 0 Å². The van der Waals surface area contributed by atoms with Gasteiger partial charge in [0.1, 0.15) is 13.2 Å². The van der Waals surface area contributed by atoms with E-state index in [-0.39, 0.29) is 31.1 Å². The SMILES string of the molecule is CCCCCCC/C=C\C/C=C\CCCCCCCCCCCC(=O)OCC(COC(=O)CCCCCCCC)OC(=O)CCCCCCCCC/C=C\CCCCCCCCC. The van der Waals surface area contributed by atoms with Gasteiger partial charge in [0.25, 0.3) is 0 Å². The second kappa shape index (κ2) is 52.3. The number of carbonyl (C=O) groups excluding carboxylic acids is 3. The second-order valence-electron chi connectivity index (χ2n) is 18.5. The van der Waals surface area contributed by atoms with Crippen molar-refractivity contribution < 1.29 is 28.6 Å². The highest BCUT2D eigenvalue weighted by molar-refractivity contribution is 5.71. The Bertz CT molecular complexity index is 1060. The lowest BCUT2D eigenvalue weighted by Crippen LogP contribution is -2.30. The van der Waals surface area contributed by atoms with Crippen LogP contribution in [0, 0.1) is 0 Å². The van der Waals surface area contributed by atoms with Gasteiger partial charge in [0.05, 0.1) is 0 Å². The van der Waals surface area contributed by atoms with Crippen molar-refractivity contribution in [2.24, 2.45) is 0 Å². The van der Waals surface area contributed by atoms with Crippen LogP contribution in [0.2, 0.25) is 0 Å². The van der Waals surface area contributed by atoms with Gasteiger partial charge in [0, 0.05) is 19.3 Å². The number of unbranched alkanes of at least 4 members (excludes halogenated alkanes) is 33. The van der Waals surface area contributed by atoms with Crippen molar-refractivity contribution in [1.82, 2.24) is 0 Å². The summed E-state index contributed by atoms with van der Waals surface area (Å²) < 4.78 is 16.7. The fraction of sp³-hybridized carbons (Fsp3) is 0.842. The Kier molecular flexibility index (Phi) is 50.3. The summed E-state index contributed by atoms with van der Waals surface area (Å²) in [4.78, 5) is 37.8. The number of allylic oxidation sites excluding steroid dienone is 6. The minimum atomic E-state index is -0.771. The Labute approximate surface area is 391 Å². The first-order valence-corrected chi connectivity index (χ1v) is 27.5. The quantitative estimate of drug-likeness (QED) is 0.0262. The van der Waals surface area contributed by atoms with Crippen LogP contribution in [0.15, 0.2) is 36.5 Å². The fourth-order valence-electron chi connectivity index (χ4n) is 7.94. The Morgan fingerprint density at radius 3 is 0.889 bits per heavy atom. The first kappa shape index (κ1) is 60.6. The molecule has 368 valence electrons. The lowest BCUT2D eigenvalue weighted by atomic mass is 10.1. The molecule has 0 saturated carbocycles. The van der Waals surface area contributed by atoms with Crippen LogP contribution in [0.1, 0.15) is 290 Å². The van der Waals surface area contributed by atoms with Gasteiger partial charge in [-0.2, -0.15) is 0 Å². The van der Waals surface area contributed by atoms with Gasteiger partial charge in [-0.1, -0.05) is 231 Å². The highest BCUT2D eigenvalue weighted by atomic mass is 16.6. The van der Waals surface area contributed by atoms with Crippen molar-refractivity contribution in [2.75, 3.05) is 13.2 Å². The molecule has 0 rings (SSSR count). The number of hydrogen-bond donors (Lipinski definition) is 0. The summed E-state index contributed by atoms with van der Waals surface area (Å²) in [5.74, 6) is -0.881. The standard InChI is InChI=1S/C57H104O6/c1-4-7-10-13-16-18-20-22-24-26-28-29-30-32-33-35-37-39-41-44-47-50-56(59)62-53-54(52-61-55(58)49-46-43-15-12-9-6-3)63-57(60)51-48-45-42-40-38-36-34-31-27-25-23-21-19-17-14-11-8-5-2/h20,22,25-28,54H,4-19,21,23-24,29-53H2,1-3H3/b22-20-,27-25-,28-26-. The molecule has 0 bridgehead atoms. The molecule has 63 heavy (non-hydrogen) atoms. The van der Waals surface area contributed by atoms with Crippen LogP contribution in [0.25, 0.3) is 0 Å². The third-order valence-electron chi connectivity index (χ3n) is 12.1. The van der Waals surface area contributed by atoms with Gasteiger partial charge in [0.15, 0.2) is 6.10 Å². The zero-order valence-corrected chi connectivity index (χ0v) is 42.1. The highest BCUT2D eigenvalue weighted by Crippen LogP contribution is 2.15. The third-order valence-corrected chi connectivity index (χ3v) is 12.1. The van der Waals surface area contributed by atoms with Crippen molar-refractivity contribution in [1.29, 1.82) is 0 Å². The summed E-state index contributed by atoms with van der Waals surface area (Å²) >= 11 is 0. The van der Waals surface area contributed by atoms with Crippen LogP contribution in [0.5, 0.6) is 0 Å². The Hall–Kier alpha value is -2.37. The van der Waals surface area contributed by atoms with Crippen LogP contribution in [-0.4, -0.2) is 37.2 Å². The highest BCUT2D eigenvalue weighted by Gasteiger charge is 2.19. The molecule has 0 spiro atoms. The Balaban J connectivity index is 4.16. The number of ether oxygens (including phenoxy) is 3. The lowest BCUT2D eigenvalue weighted by molar-refractivity contribution is -0.167. The van der Waals surface area contributed by atoms with Gasteiger partial charge in [-0.15, -0.1) is 0 Å². The minimum Gasteiger partial charge on any atom is -0.462 e. The summed E-state index contributed by atoms with van der Waals surface area (Å²) in [5, 5.41) is 0. The number of hydrogen-bond acceptors (Lipinski definition) is 6. The topological polar surface area (TPSA) is 78.9 Å². The van der Waals surface area contributed by atoms with Crippen LogP contribution in [0.3, 0.4) is 0 Å². The van der Waals surface area contributed by atoms with Gasteiger partial charge >= 0.3 is 17.9 Å². The molecule has 0 aliphatic rings. The summed E-state index contributed by atoms with van der Waals surface area (Å²) in [5.41, 5.74) is 0. The molecule has 1 unspecified atom stereocenters. The van der Waals surface area contributed by atoms with Crippen molar-refractivity contribution >= 4 is 17.9 Å². The predicted octanol–water partition coefficient (Wildman–Crippen LogP) is 18.1. The third kappa shape index (κ3) is 50.5. The molecule has 0 aliphatic carbocycles. The molecular formula is C57H104O6. The summed E-state index contributed by atoms with van der Waals surface area (Å²) in [7, 11) is 0. The molecule has 0 aromatic rings. The van der Waals surface area contributed by atoms with E-state index in [0.717, 1.165) is 64.2 Å². The van der Waals surface area contributed by atoms with E-state index >= 15 is 0 Å². The first-order valence-electron chi connectivity index (χ1n) is 27.5. The predicted molar refractivity (Wildman–Crippen MR) is 270 cm³/mol. The normalized spacial score (nSPS) is 12.2. The van der Waals surface area contributed by atoms with E-state index < -0.39 is 6.10 Å². The number of rotatable bonds is 50. The maximum atomic E-state index is 12.8. The van der Waals surface area contributed by atoms with Gasteiger partial charge in [-0.25, -0.2) is 0 Å². The van der Waals surface area contributed by atoms with E-state index in [0.29, 0.717) is 19.3 Å². The lowest BCUT2D eigenvalue weighted by Gasteiger charge is -2.18. The molecule has 0 saturated heterocycles. The Morgan fingerprint density at radius 1 is 0.317 bits per heavy atom. The molecule has 0 aliphatic heterocycles. The maximum absolute atomic E-state index is 12.8. The van der Waals surface area contributed by atoms with Crippen LogP contribution in [0.4, 0.5) is 0 Å². The smallest absolute Gasteiger partial charge is 0.306 e. The monoisotopic (exact) mass is 885 g/mol. The minimum absolute atomic E-state index is 0.0738. The molecule has 0 N–H and O–H groups in total. The summed E-state index contributed by atoms with van der Waals surface area (Å²) in [6, 6.07) is 0. The molecule has 0 aromatic carbocycles. The molecule has 1 atom stereocenters. The first-order chi connectivity index (χ1) is 31.0.